The Labute approximate surface area is 81.3 Å². The van der Waals surface area contributed by atoms with Gasteiger partial charge >= 0.3 is 0 Å². The van der Waals surface area contributed by atoms with Gasteiger partial charge in [-0.1, -0.05) is 18.2 Å². The highest BCUT2D eigenvalue weighted by molar-refractivity contribution is 5.79. The molecule has 0 aliphatic heterocycles. The Morgan fingerprint density at radius 1 is 1.36 bits per heavy atom. The number of aromatic nitrogens is 1. The highest BCUT2D eigenvalue weighted by Gasteiger charge is 2.01. The summed E-state index contributed by atoms with van der Waals surface area (Å²) in [5, 5.41) is 0.982. The minimum absolute atomic E-state index is 0.175. The number of fused-ring (bicyclic) bond motifs is 1. The van der Waals surface area contributed by atoms with Crippen molar-refractivity contribution in [2.45, 2.75) is 6.92 Å². The Morgan fingerprint density at radius 3 is 2.93 bits per heavy atom. The summed E-state index contributed by atoms with van der Waals surface area (Å²) in [4.78, 5) is 14.2. The van der Waals surface area contributed by atoms with E-state index in [4.69, 9.17) is 4.74 Å². The topological polar surface area (TPSA) is 42.1 Å². The lowest BCUT2D eigenvalue weighted by Crippen LogP contribution is -2.10. The number of hydrogen-bond donors (Lipinski definition) is 1. The molecule has 0 amide bonds. The van der Waals surface area contributed by atoms with Crippen LogP contribution >= 0.6 is 0 Å². The van der Waals surface area contributed by atoms with E-state index in [0.717, 1.165) is 10.9 Å². The van der Waals surface area contributed by atoms with Gasteiger partial charge in [0.1, 0.15) is 0 Å². The van der Waals surface area contributed by atoms with E-state index in [9.17, 15) is 4.79 Å². The van der Waals surface area contributed by atoms with Crippen molar-refractivity contribution in [3.8, 4) is 5.75 Å². The zero-order valence-corrected chi connectivity index (χ0v) is 7.91. The first-order valence-electron chi connectivity index (χ1n) is 4.56. The molecule has 0 saturated heterocycles. The van der Waals surface area contributed by atoms with Crippen molar-refractivity contribution in [2.75, 3.05) is 6.61 Å². The van der Waals surface area contributed by atoms with E-state index in [0.29, 0.717) is 12.4 Å². The molecule has 14 heavy (non-hydrogen) atoms. The van der Waals surface area contributed by atoms with Crippen LogP contribution < -0.4 is 10.3 Å². The lowest BCUT2D eigenvalue weighted by atomic mass is 10.2. The maximum Gasteiger partial charge on any atom is 0.290 e. The molecule has 1 heterocycles. The molecule has 1 N–H and O–H groups in total. The minimum Gasteiger partial charge on any atom is -0.488 e. The first-order valence-corrected chi connectivity index (χ1v) is 4.56. The number of rotatable bonds is 2. The van der Waals surface area contributed by atoms with Crippen LogP contribution in [0.2, 0.25) is 0 Å². The average molecular weight is 189 g/mol. The Bertz CT molecular complexity index is 502. The van der Waals surface area contributed by atoms with Gasteiger partial charge < -0.3 is 9.72 Å². The van der Waals surface area contributed by atoms with Crippen molar-refractivity contribution >= 4 is 10.9 Å². The molecule has 2 rings (SSSR count). The molecular formula is C11H11NO2. The summed E-state index contributed by atoms with van der Waals surface area (Å²) in [6.45, 7) is 2.36. The van der Waals surface area contributed by atoms with Crippen LogP contribution in [0.4, 0.5) is 0 Å². The van der Waals surface area contributed by atoms with Gasteiger partial charge in [0.25, 0.3) is 5.56 Å². The van der Waals surface area contributed by atoms with Gasteiger partial charge in [-0.2, -0.15) is 0 Å². The Morgan fingerprint density at radius 2 is 2.14 bits per heavy atom. The molecule has 0 atom stereocenters. The molecule has 0 saturated carbocycles. The molecule has 3 heteroatoms. The molecule has 0 aliphatic rings. The number of pyridine rings is 1. The van der Waals surface area contributed by atoms with Crippen LogP contribution in [-0.4, -0.2) is 11.6 Å². The minimum atomic E-state index is -0.175. The van der Waals surface area contributed by atoms with E-state index in [2.05, 4.69) is 4.98 Å². The zero-order valence-electron chi connectivity index (χ0n) is 7.91. The number of para-hydroxylation sites is 1. The van der Waals surface area contributed by atoms with Crippen molar-refractivity contribution in [3.63, 3.8) is 0 Å². The Balaban J connectivity index is 2.65. The molecule has 3 nitrogen and oxygen atoms in total. The van der Waals surface area contributed by atoms with Crippen molar-refractivity contribution in [3.05, 3.63) is 40.7 Å². The van der Waals surface area contributed by atoms with Crippen LogP contribution in [0.3, 0.4) is 0 Å². The molecule has 72 valence electrons. The van der Waals surface area contributed by atoms with Gasteiger partial charge in [-0.25, -0.2) is 0 Å². The van der Waals surface area contributed by atoms with Crippen molar-refractivity contribution in [1.29, 1.82) is 0 Å². The number of benzene rings is 1. The predicted molar refractivity (Wildman–Crippen MR) is 55.7 cm³/mol. The zero-order chi connectivity index (χ0) is 9.97. The molecule has 2 aromatic rings. The summed E-state index contributed by atoms with van der Waals surface area (Å²) in [5.74, 6) is 0.381. The van der Waals surface area contributed by atoms with Crippen molar-refractivity contribution in [2.24, 2.45) is 0 Å². The van der Waals surface area contributed by atoms with Gasteiger partial charge in [0.2, 0.25) is 0 Å². The predicted octanol–water partition coefficient (Wildman–Crippen LogP) is 1.93. The molecule has 0 fully saturated rings. The van der Waals surface area contributed by atoms with Crippen LogP contribution in [0.25, 0.3) is 10.9 Å². The lowest BCUT2D eigenvalue weighted by Gasteiger charge is -2.03. The standard InChI is InChI=1S/C11H11NO2/c1-2-14-10-7-8-5-3-4-6-9(8)12-11(10)13/h3-7H,2H2,1H3,(H,12,13). The number of hydrogen-bond acceptors (Lipinski definition) is 2. The van der Waals surface area contributed by atoms with Crippen molar-refractivity contribution in [1.82, 2.24) is 4.98 Å². The Kier molecular flexibility index (Phi) is 2.23. The van der Waals surface area contributed by atoms with E-state index >= 15 is 0 Å². The fourth-order valence-electron chi connectivity index (χ4n) is 1.39. The monoisotopic (exact) mass is 189 g/mol. The summed E-state index contributed by atoms with van der Waals surface area (Å²) < 4.78 is 5.20. The van der Waals surface area contributed by atoms with Crippen LogP contribution in [0.15, 0.2) is 35.1 Å². The maximum atomic E-state index is 11.4. The molecule has 0 bridgehead atoms. The van der Waals surface area contributed by atoms with Crippen LogP contribution in [-0.2, 0) is 0 Å². The summed E-state index contributed by atoms with van der Waals surface area (Å²) in [6, 6.07) is 9.38. The second kappa shape index (κ2) is 3.54. The van der Waals surface area contributed by atoms with Gasteiger partial charge in [0.05, 0.1) is 6.61 Å². The number of H-pyrrole nitrogens is 1. The molecule has 0 aliphatic carbocycles. The normalized spacial score (nSPS) is 10.4. The third-order valence-electron chi connectivity index (χ3n) is 2.02. The molecule has 0 spiro atoms. The first kappa shape index (κ1) is 8.81. The van der Waals surface area contributed by atoms with Gasteiger partial charge in [-0.15, -0.1) is 0 Å². The van der Waals surface area contributed by atoms with E-state index in [1.807, 2.05) is 31.2 Å². The number of nitrogens with one attached hydrogen (secondary N) is 1. The van der Waals surface area contributed by atoms with E-state index in [1.54, 1.807) is 6.07 Å². The first-order chi connectivity index (χ1) is 6.81. The molecule has 1 aromatic carbocycles. The fourth-order valence-corrected chi connectivity index (χ4v) is 1.39. The highest BCUT2D eigenvalue weighted by Crippen LogP contribution is 2.13. The van der Waals surface area contributed by atoms with Crippen LogP contribution in [0, 0.1) is 0 Å². The fraction of sp³-hybridized carbons (Fsp3) is 0.182. The van der Waals surface area contributed by atoms with Crippen molar-refractivity contribution < 1.29 is 4.74 Å². The summed E-state index contributed by atoms with van der Waals surface area (Å²) in [6.07, 6.45) is 0. The third kappa shape index (κ3) is 1.48. The average Bonchev–Trinajstić information content (AvgIpc) is 2.19. The third-order valence-corrected chi connectivity index (χ3v) is 2.02. The second-order valence-corrected chi connectivity index (χ2v) is 2.98. The highest BCUT2D eigenvalue weighted by atomic mass is 16.5. The molecule has 0 radical (unpaired) electrons. The largest absolute Gasteiger partial charge is 0.488 e. The van der Waals surface area contributed by atoms with Gasteiger partial charge in [0.15, 0.2) is 5.75 Å². The van der Waals surface area contributed by atoms with E-state index < -0.39 is 0 Å². The van der Waals surface area contributed by atoms with Gasteiger partial charge in [-0.3, -0.25) is 4.79 Å². The molecule has 1 aromatic heterocycles. The van der Waals surface area contributed by atoms with Crippen LogP contribution in [0.5, 0.6) is 5.75 Å². The number of aromatic amines is 1. The summed E-state index contributed by atoms with van der Waals surface area (Å²) in [7, 11) is 0. The summed E-state index contributed by atoms with van der Waals surface area (Å²) >= 11 is 0. The smallest absolute Gasteiger partial charge is 0.290 e. The quantitative estimate of drug-likeness (QED) is 0.784. The number of ether oxygens (including phenoxy) is 1. The van der Waals surface area contributed by atoms with Gasteiger partial charge in [0, 0.05) is 10.9 Å². The maximum absolute atomic E-state index is 11.4. The molecular weight excluding hydrogens is 178 g/mol. The second-order valence-electron chi connectivity index (χ2n) is 2.98. The molecule has 0 unspecified atom stereocenters. The van der Waals surface area contributed by atoms with E-state index in [-0.39, 0.29) is 5.56 Å². The van der Waals surface area contributed by atoms with Gasteiger partial charge in [-0.05, 0) is 19.1 Å². The summed E-state index contributed by atoms with van der Waals surface area (Å²) in [5.41, 5.74) is 0.659. The SMILES string of the molecule is CCOc1cc2ccccc2[nH]c1=O. The lowest BCUT2D eigenvalue weighted by molar-refractivity contribution is 0.336. The Hall–Kier alpha value is -1.77. The van der Waals surface area contributed by atoms with Crippen LogP contribution in [0.1, 0.15) is 6.92 Å². The van der Waals surface area contributed by atoms with E-state index in [1.165, 1.54) is 0 Å².